The van der Waals surface area contributed by atoms with E-state index in [0.717, 1.165) is 0 Å². The number of nitrogens with one attached hydrogen (secondary N) is 1. The smallest absolute Gasteiger partial charge is 0.352 e. The van der Waals surface area contributed by atoms with Gasteiger partial charge in [0.2, 0.25) is 0 Å². The molecule has 0 saturated carbocycles. The van der Waals surface area contributed by atoms with E-state index >= 15 is 0 Å². The molecule has 0 aliphatic rings. The topological polar surface area (TPSA) is 99.4 Å². The Kier molecular flexibility index (Phi) is 7.37. The van der Waals surface area contributed by atoms with E-state index in [2.05, 4.69) is 5.32 Å². The van der Waals surface area contributed by atoms with Crippen molar-refractivity contribution >= 4 is 29.6 Å². The maximum absolute atomic E-state index is 12.5. The predicted molar refractivity (Wildman–Crippen MR) is 105 cm³/mol. The van der Waals surface area contributed by atoms with Crippen molar-refractivity contribution in [3.8, 4) is 6.07 Å². The third kappa shape index (κ3) is 5.22. The molecule has 0 fully saturated rings. The molecule has 1 amide bonds. The van der Waals surface area contributed by atoms with E-state index < -0.39 is 23.2 Å². The lowest BCUT2D eigenvalue weighted by molar-refractivity contribution is -0.138. The first-order valence-corrected chi connectivity index (χ1v) is 8.69. The van der Waals surface area contributed by atoms with Gasteiger partial charge in [-0.3, -0.25) is 4.79 Å². The molecule has 0 aliphatic heterocycles. The average molecular weight is 397 g/mol. The SMILES string of the molecule is CCOC(=O)/C(C#N)=C(O)\C(=C\c1ccccc1Cl)NC(=O)c1ccccc1. The van der Waals surface area contributed by atoms with Crippen LogP contribution in [0.3, 0.4) is 0 Å². The number of nitriles is 1. The third-order valence-electron chi connectivity index (χ3n) is 3.57. The molecule has 2 aromatic rings. The summed E-state index contributed by atoms with van der Waals surface area (Å²) in [5, 5.41) is 22.7. The number of nitrogens with zero attached hydrogens (tertiary/aromatic N) is 1. The fourth-order valence-electron chi connectivity index (χ4n) is 2.23. The third-order valence-corrected chi connectivity index (χ3v) is 3.92. The number of ether oxygens (including phenoxy) is 1. The highest BCUT2D eigenvalue weighted by Crippen LogP contribution is 2.21. The Bertz CT molecular complexity index is 975. The minimum Gasteiger partial charge on any atom is -0.504 e. The van der Waals surface area contributed by atoms with Gasteiger partial charge in [0, 0.05) is 10.6 Å². The zero-order valence-electron chi connectivity index (χ0n) is 15.0. The molecule has 2 aromatic carbocycles. The summed E-state index contributed by atoms with van der Waals surface area (Å²) in [5.74, 6) is -2.25. The highest BCUT2D eigenvalue weighted by atomic mass is 35.5. The van der Waals surface area contributed by atoms with Crippen LogP contribution in [0.4, 0.5) is 0 Å². The Balaban J connectivity index is 2.53. The second-order valence-electron chi connectivity index (χ2n) is 5.46. The molecule has 6 nitrogen and oxygen atoms in total. The molecule has 0 heterocycles. The molecule has 0 atom stereocenters. The molecule has 0 unspecified atom stereocenters. The molecule has 2 rings (SSSR count). The lowest BCUT2D eigenvalue weighted by atomic mass is 10.1. The van der Waals surface area contributed by atoms with Gasteiger partial charge in [0.05, 0.1) is 12.3 Å². The molecule has 2 N–H and O–H groups in total. The van der Waals surface area contributed by atoms with Crippen LogP contribution in [0.15, 0.2) is 71.6 Å². The quantitative estimate of drug-likeness (QED) is 0.252. The number of hydrogen-bond donors (Lipinski definition) is 2. The summed E-state index contributed by atoms with van der Waals surface area (Å²) < 4.78 is 4.78. The number of esters is 1. The lowest BCUT2D eigenvalue weighted by Gasteiger charge is -2.12. The number of amides is 1. The molecular weight excluding hydrogens is 380 g/mol. The van der Waals surface area contributed by atoms with Crippen LogP contribution >= 0.6 is 11.6 Å². The van der Waals surface area contributed by atoms with E-state index in [1.54, 1.807) is 67.6 Å². The van der Waals surface area contributed by atoms with E-state index in [0.29, 0.717) is 16.1 Å². The van der Waals surface area contributed by atoms with Crippen molar-refractivity contribution in [2.45, 2.75) is 6.92 Å². The first-order chi connectivity index (χ1) is 13.5. The molecule has 0 aromatic heterocycles. The Labute approximate surface area is 167 Å². The number of carbonyl (C=O) groups excluding carboxylic acids is 2. The summed E-state index contributed by atoms with van der Waals surface area (Å²) in [6.45, 7) is 1.60. The number of rotatable bonds is 6. The molecule has 28 heavy (non-hydrogen) atoms. The fraction of sp³-hybridized carbons (Fsp3) is 0.0952. The van der Waals surface area contributed by atoms with Gasteiger partial charge < -0.3 is 15.2 Å². The van der Waals surface area contributed by atoms with Crippen LogP contribution < -0.4 is 5.32 Å². The lowest BCUT2D eigenvalue weighted by Crippen LogP contribution is -2.25. The molecule has 0 saturated heterocycles. The number of aliphatic hydroxyl groups excluding tert-OH is 1. The van der Waals surface area contributed by atoms with Crippen LogP contribution in [0.1, 0.15) is 22.8 Å². The Morgan fingerprint density at radius 2 is 1.82 bits per heavy atom. The number of aliphatic hydroxyl groups is 1. The summed E-state index contributed by atoms with van der Waals surface area (Å²) in [4.78, 5) is 24.5. The van der Waals surface area contributed by atoms with Gasteiger partial charge in [0.1, 0.15) is 6.07 Å². The first-order valence-electron chi connectivity index (χ1n) is 8.31. The summed E-state index contributed by atoms with van der Waals surface area (Å²) in [7, 11) is 0. The van der Waals surface area contributed by atoms with Gasteiger partial charge in [-0.25, -0.2) is 4.79 Å². The van der Waals surface area contributed by atoms with Crippen molar-refractivity contribution in [1.29, 1.82) is 5.26 Å². The predicted octanol–water partition coefficient (Wildman–Crippen LogP) is 4.01. The van der Waals surface area contributed by atoms with Crippen LogP contribution in [-0.4, -0.2) is 23.6 Å². The zero-order chi connectivity index (χ0) is 20.5. The second-order valence-corrected chi connectivity index (χ2v) is 5.86. The van der Waals surface area contributed by atoms with Crippen molar-refractivity contribution in [3.05, 3.63) is 87.8 Å². The molecule has 0 spiro atoms. The standard InChI is InChI=1S/C21H17ClN2O4/c1-2-28-21(27)16(13-23)19(25)18(12-15-10-6-7-11-17(15)22)24-20(26)14-8-4-3-5-9-14/h3-12,25H,2H2,1H3,(H,24,26)/b18-12-,19-16+. The summed E-state index contributed by atoms with van der Waals surface area (Å²) in [6, 6.07) is 16.6. The van der Waals surface area contributed by atoms with Gasteiger partial charge in [-0.1, -0.05) is 48.0 Å². The highest BCUT2D eigenvalue weighted by Gasteiger charge is 2.21. The summed E-state index contributed by atoms with van der Waals surface area (Å²) in [5.41, 5.74) is 0.00954. The van der Waals surface area contributed by atoms with Crippen LogP contribution in [0.25, 0.3) is 6.08 Å². The van der Waals surface area contributed by atoms with Gasteiger partial charge in [-0.05, 0) is 36.8 Å². The highest BCUT2D eigenvalue weighted by molar-refractivity contribution is 6.32. The second kappa shape index (κ2) is 9.95. The van der Waals surface area contributed by atoms with E-state index in [1.165, 1.54) is 6.08 Å². The number of hydrogen-bond acceptors (Lipinski definition) is 5. The molecule has 0 bridgehead atoms. The van der Waals surface area contributed by atoms with Crippen LogP contribution in [0, 0.1) is 11.3 Å². The summed E-state index contributed by atoms with van der Waals surface area (Å²) in [6.07, 6.45) is 1.37. The monoisotopic (exact) mass is 396 g/mol. The van der Waals surface area contributed by atoms with Crippen LogP contribution in [0.2, 0.25) is 5.02 Å². The van der Waals surface area contributed by atoms with Gasteiger partial charge in [-0.15, -0.1) is 0 Å². The maximum atomic E-state index is 12.5. The number of carbonyl (C=O) groups is 2. The van der Waals surface area contributed by atoms with Crippen molar-refractivity contribution in [1.82, 2.24) is 5.32 Å². The average Bonchev–Trinajstić information content (AvgIpc) is 2.70. The van der Waals surface area contributed by atoms with Crippen molar-refractivity contribution in [2.24, 2.45) is 0 Å². The number of halogens is 1. The van der Waals surface area contributed by atoms with Gasteiger partial charge in [-0.2, -0.15) is 5.26 Å². The van der Waals surface area contributed by atoms with Crippen LogP contribution in [-0.2, 0) is 9.53 Å². The summed E-state index contributed by atoms with van der Waals surface area (Å²) >= 11 is 6.14. The molecule has 7 heteroatoms. The Morgan fingerprint density at radius 1 is 1.18 bits per heavy atom. The minimum absolute atomic E-state index is 0.0250. The van der Waals surface area contributed by atoms with Crippen molar-refractivity contribution in [3.63, 3.8) is 0 Å². The van der Waals surface area contributed by atoms with E-state index in [9.17, 15) is 20.0 Å². The van der Waals surface area contributed by atoms with Gasteiger partial charge in [0.25, 0.3) is 5.91 Å². The van der Waals surface area contributed by atoms with Crippen molar-refractivity contribution < 1.29 is 19.4 Å². The first kappa shape index (κ1) is 20.7. The van der Waals surface area contributed by atoms with E-state index in [-0.39, 0.29) is 12.3 Å². The minimum atomic E-state index is -0.999. The fourth-order valence-corrected chi connectivity index (χ4v) is 2.42. The largest absolute Gasteiger partial charge is 0.504 e. The Morgan fingerprint density at radius 3 is 2.43 bits per heavy atom. The normalized spacial score (nSPS) is 11.8. The Hall–Kier alpha value is -3.56. The van der Waals surface area contributed by atoms with Crippen molar-refractivity contribution in [2.75, 3.05) is 6.61 Å². The number of benzene rings is 2. The van der Waals surface area contributed by atoms with E-state index in [1.807, 2.05) is 0 Å². The molecule has 0 aliphatic carbocycles. The van der Waals surface area contributed by atoms with Crippen LogP contribution in [0.5, 0.6) is 0 Å². The molecule has 142 valence electrons. The van der Waals surface area contributed by atoms with E-state index in [4.69, 9.17) is 16.3 Å². The maximum Gasteiger partial charge on any atom is 0.352 e. The molecular formula is C21H17ClN2O4. The zero-order valence-corrected chi connectivity index (χ0v) is 15.7. The molecule has 0 radical (unpaired) electrons. The van der Waals surface area contributed by atoms with Gasteiger partial charge >= 0.3 is 5.97 Å². The van der Waals surface area contributed by atoms with Gasteiger partial charge in [0.15, 0.2) is 11.3 Å².